The first-order valence-corrected chi connectivity index (χ1v) is 12.9. The molecule has 0 heterocycles. The summed E-state index contributed by atoms with van der Waals surface area (Å²) in [6, 6.07) is 10.6. The third kappa shape index (κ3) is 5.83. The molecule has 0 aliphatic carbocycles. The van der Waals surface area contributed by atoms with Gasteiger partial charge in [0, 0.05) is 21.5 Å². The van der Waals surface area contributed by atoms with Gasteiger partial charge >= 0.3 is 0 Å². The molecule has 0 aromatic heterocycles. The topological polar surface area (TPSA) is 183 Å². The summed E-state index contributed by atoms with van der Waals surface area (Å²) in [6.45, 7) is 2.70. The van der Waals surface area contributed by atoms with E-state index in [0.29, 0.717) is 5.56 Å². The number of nitrogens with zero attached hydrogens (tertiary/aromatic N) is 2. The molecule has 3 aromatic rings. The quantitative estimate of drug-likeness (QED) is 0.149. The lowest BCUT2D eigenvalue weighted by Crippen LogP contribution is -2.15. The molecule has 3 rings (SSSR count). The zero-order chi connectivity index (χ0) is 26.1. The molecule has 0 spiro atoms. The average Bonchev–Trinajstić information content (AvgIpc) is 2.74. The average molecular weight is 540 g/mol. The zero-order valence-electron chi connectivity index (χ0n) is 18.1. The number of aliphatic hydroxyl groups excluding tert-OH is 1. The van der Waals surface area contributed by atoms with Crippen LogP contribution in [-0.4, -0.2) is 37.0 Å². The minimum absolute atomic E-state index is 0.0450. The van der Waals surface area contributed by atoms with E-state index in [4.69, 9.17) is 11.6 Å². The largest absolute Gasteiger partial charge is 0.510 e. The van der Waals surface area contributed by atoms with Crippen molar-refractivity contribution in [2.24, 2.45) is 10.2 Å². The number of amides is 1. The summed E-state index contributed by atoms with van der Waals surface area (Å²) in [5.41, 5.74) is -0.382. The SMILES string of the molecule is CC(O)=C(N=Nc1cc(C)c(Cl)cc1S(=O)(=O)O)C(=O)Nc1ccc(S(=O)(=O)O)c2ccccc12. The number of carbonyl (C=O) groups excluding carboxylic acids is 1. The van der Waals surface area contributed by atoms with Gasteiger partial charge in [-0.15, -0.1) is 10.2 Å². The summed E-state index contributed by atoms with van der Waals surface area (Å²) in [6.07, 6.45) is 0. The molecule has 3 aromatic carbocycles. The Balaban J connectivity index is 2.03. The number of aliphatic hydroxyl groups is 1. The lowest BCUT2D eigenvalue weighted by molar-refractivity contribution is -0.113. The fraction of sp³-hybridized carbons (Fsp3) is 0.0952. The van der Waals surface area contributed by atoms with Crippen molar-refractivity contribution in [1.82, 2.24) is 0 Å². The van der Waals surface area contributed by atoms with Crippen molar-refractivity contribution < 1.29 is 35.8 Å². The second kappa shape index (κ2) is 9.71. The van der Waals surface area contributed by atoms with Gasteiger partial charge in [-0.05, 0) is 43.7 Å². The van der Waals surface area contributed by atoms with Gasteiger partial charge in [0.2, 0.25) is 0 Å². The molecule has 0 saturated heterocycles. The Morgan fingerprint density at radius 3 is 2.11 bits per heavy atom. The molecule has 11 nitrogen and oxygen atoms in total. The highest BCUT2D eigenvalue weighted by atomic mass is 35.5. The maximum Gasteiger partial charge on any atom is 0.296 e. The van der Waals surface area contributed by atoms with Crippen LogP contribution in [0.1, 0.15) is 12.5 Å². The minimum atomic E-state index is -4.74. The fourth-order valence-corrected chi connectivity index (χ4v) is 4.66. The van der Waals surface area contributed by atoms with Gasteiger partial charge in [-0.2, -0.15) is 16.8 Å². The molecule has 0 aliphatic rings. The number of halogens is 1. The molecular weight excluding hydrogens is 522 g/mol. The number of benzene rings is 3. The van der Waals surface area contributed by atoms with E-state index < -0.39 is 42.5 Å². The maximum absolute atomic E-state index is 12.9. The Morgan fingerprint density at radius 2 is 1.54 bits per heavy atom. The molecule has 4 N–H and O–H groups in total. The lowest BCUT2D eigenvalue weighted by Gasteiger charge is -2.11. The molecule has 0 saturated carbocycles. The van der Waals surface area contributed by atoms with Crippen molar-refractivity contribution in [3.63, 3.8) is 0 Å². The van der Waals surface area contributed by atoms with E-state index in [1.807, 2.05) is 0 Å². The normalized spacial score (nSPS) is 13.2. The van der Waals surface area contributed by atoms with E-state index in [0.717, 1.165) is 19.1 Å². The predicted molar refractivity (Wildman–Crippen MR) is 128 cm³/mol. The molecule has 0 bridgehead atoms. The fourth-order valence-electron chi connectivity index (χ4n) is 3.11. The van der Waals surface area contributed by atoms with Crippen LogP contribution in [0.3, 0.4) is 0 Å². The highest BCUT2D eigenvalue weighted by molar-refractivity contribution is 7.86. The first kappa shape index (κ1) is 26.2. The summed E-state index contributed by atoms with van der Waals surface area (Å²) >= 11 is 5.92. The van der Waals surface area contributed by atoms with Crippen molar-refractivity contribution in [2.75, 3.05) is 5.32 Å². The first-order valence-electron chi connectivity index (χ1n) is 9.60. The van der Waals surface area contributed by atoms with Crippen LogP contribution >= 0.6 is 11.6 Å². The van der Waals surface area contributed by atoms with Crippen molar-refractivity contribution in [3.8, 4) is 0 Å². The van der Waals surface area contributed by atoms with Crippen LogP contribution in [0.25, 0.3) is 10.8 Å². The van der Waals surface area contributed by atoms with Crippen LogP contribution in [0, 0.1) is 6.92 Å². The molecule has 14 heteroatoms. The van der Waals surface area contributed by atoms with Crippen molar-refractivity contribution in [1.29, 1.82) is 0 Å². The molecule has 35 heavy (non-hydrogen) atoms. The monoisotopic (exact) mass is 539 g/mol. The highest BCUT2D eigenvalue weighted by Gasteiger charge is 2.21. The number of carbonyl (C=O) groups is 1. The third-order valence-electron chi connectivity index (χ3n) is 4.74. The number of nitrogens with one attached hydrogen (secondary N) is 1. The van der Waals surface area contributed by atoms with E-state index in [2.05, 4.69) is 15.5 Å². The van der Waals surface area contributed by atoms with E-state index >= 15 is 0 Å². The van der Waals surface area contributed by atoms with Crippen molar-refractivity contribution >= 4 is 59.9 Å². The first-order chi connectivity index (χ1) is 16.2. The predicted octanol–water partition coefficient (Wildman–Crippen LogP) is 4.81. The second-order valence-electron chi connectivity index (χ2n) is 7.26. The number of hydrogen-bond donors (Lipinski definition) is 4. The van der Waals surface area contributed by atoms with Gasteiger partial charge < -0.3 is 10.4 Å². The number of allylic oxidation sites excluding steroid dienone is 1. The lowest BCUT2D eigenvalue weighted by atomic mass is 10.1. The van der Waals surface area contributed by atoms with Gasteiger partial charge in [0.05, 0.1) is 0 Å². The van der Waals surface area contributed by atoms with Crippen LogP contribution < -0.4 is 5.32 Å². The number of fused-ring (bicyclic) bond motifs is 1. The Kier molecular flexibility index (Phi) is 7.29. The van der Waals surface area contributed by atoms with Gasteiger partial charge in [-0.25, -0.2) is 0 Å². The summed E-state index contributed by atoms with van der Waals surface area (Å²) in [5.74, 6) is -1.53. The number of hydrogen-bond acceptors (Lipinski definition) is 8. The molecule has 0 radical (unpaired) electrons. The number of azo groups is 1. The summed E-state index contributed by atoms with van der Waals surface area (Å²) in [4.78, 5) is 11.8. The van der Waals surface area contributed by atoms with Crippen molar-refractivity contribution in [2.45, 2.75) is 23.6 Å². The highest BCUT2D eigenvalue weighted by Crippen LogP contribution is 2.32. The number of anilines is 1. The second-order valence-corrected chi connectivity index (χ2v) is 10.5. The summed E-state index contributed by atoms with van der Waals surface area (Å²) in [5, 5.41) is 20.3. The van der Waals surface area contributed by atoms with Crippen LogP contribution in [-0.2, 0) is 25.0 Å². The summed E-state index contributed by atoms with van der Waals surface area (Å²) < 4.78 is 65.6. The summed E-state index contributed by atoms with van der Waals surface area (Å²) in [7, 11) is -9.28. The standard InChI is InChI=1S/C21H18ClN3O8S2/c1-11-9-17(19(10-15(11)22)35(31,32)33)24-25-20(12(2)26)21(27)23-16-7-8-18(34(28,29)30)14-6-4-3-5-13(14)16/h3-10,26H,1-2H3,(H,23,27)(H,28,29,30)(H,31,32,33). The number of rotatable bonds is 6. The Hall–Kier alpha value is -3.36. The maximum atomic E-state index is 12.9. The third-order valence-corrected chi connectivity index (χ3v) is 6.95. The molecule has 184 valence electrons. The van der Waals surface area contributed by atoms with Gasteiger partial charge in [-0.3, -0.25) is 13.9 Å². The smallest absolute Gasteiger partial charge is 0.296 e. The van der Waals surface area contributed by atoms with E-state index in [-0.39, 0.29) is 32.1 Å². The Bertz CT molecular complexity index is 1630. The number of aryl methyl sites for hydroxylation is 1. The van der Waals surface area contributed by atoms with E-state index in [1.54, 1.807) is 19.1 Å². The van der Waals surface area contributed by atoms with Gasteiger partial charge in [0.1, 0.15) is 21.2 Å². The van der Waals surface area contributed by atoms with Crippen molar-refractivity contribution in [3.05, 3.63) is 70.6 Å². The van der Waals surface area contributed by atoms with Crippen LogP contribution in [0.2, 0.25) is 5.02 Å². The van der Waals surface area contributed by atoms with Gasteiger partial charge in [0.25, 0.3) is 26.1 Å². The van der Waals surface area contributed by atoms with Crippen LogP contribution in [0.4, 0.5) is 11.4 Å². The Labute approximate surface area is 205 Å². The minimum Gasteiger partial charge on any atom is -0.510 e. The van der Waals surface area contributed by atoms with E-state index in [1.165, 1.54) is 24.3 Å². The molecule has 0 atom stereocenters. The van der Waals surface area contributed by atoms with Crippen LogP contribution in [0.15, 0.2) is 80.0 Å². The molecule has 0 fully saturated rings. The van der Waals surface area contributed by atoms with E-state index in [9.17, 15) is 35.8 Å². The molecular formula is C21H18ClN3O8S2. The molecule has 0 aliphatic heterocycles. The van der Waals surface area contributed by atoms with Crippen LogP contribution in [0.5, 0.6) is 0 Å². The molecule has 0 unspecified atom stereocenters. The Morgan fingerprint density at radius 1 is 0.943 bits per heavy atom. The van der Waals surface area contributed by atoms with Gasteiger partial charge in [-0.1, -0.05) is 35.9 Å². The molecule has 1 amide bonds. The zero-order valence-corrected chi connectivity index (χ0v) is 20.5. The van der Waals surface area contributed by atoms with Gasteiger partial charge in [0.15, 0.2) is 5.70 Å².